The van der Waals surface area contributed by atoms with Crippen LogP contribution in [0.1, 0.15) is 59.4 Å². The minimum atomic E-state index is 0.439. The first kappa shape index (κ1) is 21.0. The Labute approximate surface area is 164 Å². The Kier molecular flexibility index (Phi) is 8.17. The van der Waals surface area contributed by atoms with Crippen molar-refractivity contribution in [1.29, 1.82) is 0 Å². The quantitative estimate of drug-likeness (QED) is 0.428. The molecular weight excluding hydrogens is 344 g/mol. The van der Waals surface area contributed by atoms with Crippen molar-refractivity contribution in [2.75, 3.05) is 13.2 Å². The maximum Gasteiger partial charge on any atom is 0.129 e. The Bertz CT molecular complexity index is 612. The van der Waals surface area contributed by atoms with Crippen LogP contribution in [0.25, 0.3) is 6.08 Å². The summed E-state index contributed by atoms with van der Waals surface area (Å²) in [5.41, 5.74) is 3.56. The molecule has 2 rings (SSSR count). The average Bonchev–Trinajstić information content (AvgIpc) is 2.58. The van der Waals surface area contributed by atoms with Crippen LogP contribution in [0.2, 0.25) is 5.02 Å². The molecule has 1 aromatic rings. The first-order valence-corrected chi connectivity index (χ1v) is 10.2. The molecule has 0 spiro atoms. The molecule has 1 aliphatic carbocycles. The van der Waals surface area contributed by atoms with Gasteiger partial charge >= 0.3 is 0 Å². The normalized spacial score (nSPS) is 21.3. The summed E-state index contributed by atoms with van der Waals surface area (Å²) >= 11 is 5.99. The molecule has 0 saturated heterocycles. The number of hydrogen-bond acceptors (Lipinski definition) is 3. The first-order chi connectivity index (χ1) is 12.4. The van der Waals surface area contributed by atoms with Crippen LogP contribution >= 0.6 is 11.6 Å². The molecule has 0 aromatic heterocycles. The lowest BCUT2D eigenvalue weighted by Gasteiger charge is -2.30. The molecule has 0 radical (unpaired) electrons. The van der Waals surface area contributed by atoms with Gasteiger partial charge in [-0.1, -0.05) is 35.8 Å². The molecule has 144 valence electrons. The van der Waals surface area contributed by atoms with Crippen molar-refractivity contribution in [3.05, 3.63) is 40.4 Å². The number of oxime groups is 1. The molecule has 0 amide bonds. The fourth-order valence-electron chi connectivity index (χ4n) is 3.61. The van der Waals surface area contributed by atoms with Crippen LogP contribution < -0.4 is 0 Å². The molecule has 1 saturated carbocycles. The summed E-state index contributed by atoms with van der Waals surface area (Å²) in [6.45, 7) is 12.7. The number of allylic oxidation sites excluding steroid dienone is 1. The summed E-state index contributed by atoms with van der Waals surface area (Å²) in [4.78, 5) is 8.17. The van der Waals surface area contributed by atoms with Crippen molar-refractivity contribution < 1.29 is 4.84 Å². The van der Waals surface area contributed by atoms with E-state index in [2.05, 4.69) is 62.9 Å². The van der Waals surface area contributed by atoms with Gasteiger partial charge in [-0.2, -0.15) is 0 Å². The van der Waals surface area contributed by atoms with Gasteiger partial charge in [-0.05, 0) is 76.3 Å². The third kappa shape index (κ3) is 6.14. The van der Waals surface area contributed by atoms with Gasteiger partial charge < -0.3 is 4.84 Å². The smallest absolute Gasteiger partial charge is 0.129 e. The van der Waals surface area contributed by atoms with E-state index in [-0.39, 0.29) is 0 Å². The predicted molar refractivity (Wildman–Crippen MR) is 113 cm³/mol. The van der Waals surface area contributed by atoms with Gasteiger partial charge in [-0.25, -0.2) is 0 Å². The third-order valence-electron chi connectivity index (χ3n) is 5.02. The zero-order valence-corrected chi connectivity index (χ0v) is 17.6. The molecule has 3 nitrogen and oxygen atoms in total. The zero-order chi connectivity index (χ0) is 19.1. The van der Waals surface area contributed by atoms with E-state index in [1.165, 1.54) is 18.4 Å². The van der Waals surface area contributed by atoms with E-state index >= 15 is 0 Å². The summed E-state index contributed by atoms with van der Waals surface area (Å²) < 4.78 is 0. The SMILES string of the molecule is CC(C)N(CCON=C1C(=Cc2ccc(Cl)cc2)CCC[C@@H]1C)C(C)C. The highest BCUT2D eigenvalue weighted by Crippen LogP contribution is 2.28. The van der Waals surface area contributed by atoms with E-state index < -0.39 is 0 Å². The molecular formula is C22H33ClN2O. The van der Waals surface area contributed by atoms with Gasteiger partial charge in [0.2, 0.25) is 0 Å². The van der Waals surface area contributed by atoms with Gasteiger partial charge in [-0.3, -0.25) is 4.90 Å². The molecule has 0 unspecified atom stereocenters. The standard InChI is InChI=1S/C22H33ClN2O/c1-16(2)25(17(3)4)13-14-26-24-22-18(5)7-6-8-20(22)15-19-9-11-21(23)12-10-19/h9-12,15-18H,6-8,13-14H2,1-5H3/t18-/m0/s1. The fourth-order valence-corrected chi connectivity index (χ4v) is 3.73. The van der Waals surface area contributed by atoms with Gasteiger partial charge in [0.15, 0.2) is 0 Å². The molecule has 1 fully saturated rings. The number of halogens is 1. The highest BCUT2D eigenvalue weighted by atomic mass is 35.5. The Morgan fingerprint density at radius 1 is 1.19 bits per heavy atom. The van der Waals surface area contributed by atoms with Gasteiger partial charge in [0.1, 0.15) is 6.61 Å². The molecule has 1 aromatic carbocycles. The molecule has 1 atom stereocenters. The molecule has 4 heteroatoms. The highest BCUT2D eigenvalue weighted by molar-refractivity contribution is 6.30. The number of hydrogen-bond donors (Lipinski definition) is 0. The second kappa shape index (κ2) is 10.1. The topological polar surface area (TPSA) is 24.8 Å². The minimum Gasteiger partial charge on any atom is -0.394 e. The van der Waals surface area contributed by atoms with E-state index in [4.69, 9.17) is 16.4 Å². The molecule has 0 bridgehead atoms. The van der Waals surface area contributed by atoms with Crippen LogP contribution in [0.5, 0.6) is 0 Å². The Balaban J connectivity index is 2.05. The summed E-state index contributed by atoms with van der Waals surface area (Å²) in [7, 11) is 0. The maximum absolute atomic E-state index is 5.99. The number of benzene rings is 1. The third-order valence-corrected chi connectivity index (χ3v) is 5.27. The highest BCUT2D eigenvalue weighted by Gasteiger charge is 2.22. The van der Waals surface area contributed by atoms with Crippen molar-refractivity contribution in [1.82, 2.24) is 4.90 Å². The monoisotopic (exact) mass is 376 g/mol. The molecule has 0 heterocycles. The van der Waals surface area contributed by atoms with Gasteiger partial charge in [0.05, 0.1) is 5.71 Å². The fraction of sp³-hybridized carbons (Fsp3) is 0.591. The van der Waals surface area contributed by atoms with E-state index in [9.17, 15) is 0 Å². The lowest BCUT2D eigenvalue weighted by atomic mass is 9.84. The van der Waals surface area contributed by atoms with E-state index in [1.54, 1.807) is 0 Å². The minimum absolute atomic E-state index is 0.439. The summed E-state index contributed by atoms with van der Waals surface area (Å²) in [5, 5.41) is 5.31. The van der Waals surface area contributed by atoms with Crippen molar-refractivity contribution in [2.45, 2.75) is 66.0 Å². The zero-order valence-electron chi connectivity index (χ0n) is 16.8. The van der Waals surface area contributed by atoms with Gasteiger partial charge in [0.25, 0.3) is 0 Å². The van der Waals surface area contributed by atoms with Crippen LogP contribution in [-0.4, -0.2) is 35.8 Å². The summed E-state index contributed by atoms with van der Waals surface area (Å²) in [5.74, 6) is 0.439. The van der Waals surface area contributed by atoms with Crippen LogP contribution in [-0.2, 0) is 4.84 Å². The van der Waals surface area contributed by atoms with Crippen LogP contribution in [0.4, 0.5) is 0 Å². The van der Waals surface area contributed by atoms with Crippen LogP contribution in [0, 0.1) is 5.92 Å². The number of nitrogens with zero attached hydrogens (tertiary/aromatic N) is 2. The van der Waals surface area contributed by atoms with E-state index in [0.29, 0.717) is 24.6 Å². The Morgan fingerprint density at radius 3 is 2.46 bits per heavy atom. The maximum atomic E-state index is 5.99. The van der Waals surface area contributed by atoms with Gasteiger partial charge in [-0.15, -0.1) is 0 Å². The lowest BCUT2D eigenvalue weighted by molar-refractivity contribution is 0.0820. The Hall–Kier alpha value is -1.32. The lowest BCUT2D eigenvalue weighted by Crippen LogP contribution is -2.39. The molecule has 0 aliphatic heterocycles. The van der Waals surface area contributed by atoms with E-state index in [1.807, 2.05) is 12.1 Å². The predicted octanol–water partition coefficient (Wildman–Crippen LogP) is 6.03. The van der Waals surface area contributed by atoms with E-state index in [0.717, 1.165) is 29.3 Å². The second-order valence-corrected chi connectivity index (χ2v) is 8.19. The van der Waals surface area contributed by atoms with Crippen LogP contribution in [0.3, 0.4) is 0 Å². The van der Waals surface area contributed by atoms with Gasteiger partial charge in [0, 0.05) is 29.6 Å². The average molecular weight is 377 g/mol. The first-order valence-electron chi connectivity index (χ1n) is 9.80. The largest absolute Gasteiger partial charge is 0.394 e. The molecule has 1 aliphatic rings. The summed E-state index contributed by atoms with van der Waals surface area (Å²) in [6.07, 6.45) is 5.65. The second-order valence-electron chi connectivity index (χ2n) is 7.75. The van der Waals surface area contributed by atoms with Crippen LogP contribution in [0.15, 0.2) is 35.0 Å². The Morgan fingerprint density at radius 2 is 1.85 bits per heavy atom. The van der Waals surface area contributed by atoms with Crippen molar-refractivity contribution in [3.63, 3.8) is 0 Å². The van der Waals surface area contributed by atoms with Crippen molar-refractivity contribution >= 4 is 23.4 Å². The van der Waals surface area contributed by atoms with Crippen molar-refractivity contribution in [2.24, 2.45) is 11.1 Å². The van der Waals surface area contributed by atoms with Crippen molar-refractivity contribution in [3.8, 4) is 0 Å². The summed E-state index contributed by atoms with van der Waals surface area (Å²) in [6, 6.07) is 8.99. The number of rotatable bonds is 7. The molecule has 0 N–H and O–H groups in total. The molecule has 26 heavy (non-hydrogen) atoms.